The van der Waals surface area contributed by atoms with Gasteiger partial charge in [-0.2, -0.15) is 13.2 Å². The Morgan fingerprint density at radius 1 is 1.06 bits per heavy atom. The van der Waals surface area contributed by atoms with Crippen molar-refractivity contribution in [3.05, 3.63) is 46.8 Å². The molecule has 2 rings (SSSR count). The van der Waals surface area contributed by atoms with Gasteiger partial charge in [0.2, 0.25) is 0 Å². The molecule has 0 aliphatic heterocycles. The summed E-state index contributed by atoms with van der Waals surface area (Å²) in [6.45, 7) is 1.45. The highest BCUT2D eigenvalue weighted by Gasteiger charge is 2.32. The first-order valence-electron chi connectivity index (χ1n) is 5.16. The summed E-state index contributed by atoms with van der Waals surface area (Å²) in [6, 6.07) is 9.05. The van der Waals surface area contributed by atoms with Crippen molar-refractivity contribution >= 4 is 17.1 Å². The Hall–Kier alpha value is -1.62. The molecule has 0 atom stereocenters. The van der Waals surface area contributed by atoms with Crippen molar-refractivity contribution in [3.8, 4) is 10.4 Å². The van der Waals surface area contributed by atoms with Crippen molar-refractivity contribution in [2.45, 2.75) is 13.1 Å². The van der Waals surface area contributed by atoms with Crippen LogP contribution in [0.5, 0.6) is 0 Å². The first kappa shape index (κ1) is 12.8. The van der Waals surface area contributed by atoms with E-state index in [9.17, 15) is 18.0 Å². The maximum atomic E-state index is 12.5. The van der Waals surface area contributed by atoms with E-state index in [2.05, 4.69) is 0 Å². The van der Waals surface area contributed by atoms with Crippen molar-refractivity contribution in [3.63, 3.8) is 0 Å². The average Bonchev–Trinajstić information content (AvgIpc) is 2.78. The van der Waals surface area contributed by atoms with Crippen LogP contribution in [0.1, 0.15) is 22.2 Å². The van der Waals surface area contributed by atoms with Crippen LogP contribution in [-0.2, 0) is 6.18 Å². The van der Waals surface area contributed by atoms with E-state index in [1.54, 1.807) is 24.3 Å². The highest BCUT2D eigenvalue weighted by Crippen LogP contribution is 2.38. The molecule has 0 bridgehead atoms. The number of hydrogen-bond acceptors (Lipinski definition) is 2. The lowest BCUT2D eigenvalue weighted by Gasteiger charge is -2.01. The van der Waals surface area contributed by atoms with Gasteiger partial charge >= 0.3 is 6.18 Å². The van der Waals surface area contributed by atoms with Crippen molar-refractivity contribution in [1.29, 1.82) is 0 Å². The Kier molecular flexibility index (Phi) is 3.26. The SMILES string of the molecule is CC(=O)c1ccc(-c2ccc(C(F)(F)F)s2)cc1. The summed E-state index contributed by atoms with van der Waals surface area (Å²) in [5.74, 6) is -0.0660. The number of Topliss-reactive ketones (excluding diaryl/α,β-unsaturated/α-hetero) is 1. The summed E-state index contributed by atoms with van der Waals surface area (Å²) in [5.41, 5.74) is 1.23. The van der Waals surface area contributed by atoms with E-state index < -0.39 is 11.1 Å². The van der Waals surface area contributed by atoms with Crippen LogP contribution >= 0.6 is 11.3 Å². The lowest BCUT2D eigenvalue weighted by atomic mass is 10.1. The summed E-state index contributed by atoms with van der Waals surface area (Å²) < 4.78 is 37.4. The molecular weight excluding hydrogens is 261 g/mol. The first-order chi connectivity index (χ1) is 8.38. The van der Waals surface area contributed by atoms with Crippen LogP contribution in [0.15, 0.2) is 36.4 Å². The second-order valence-corrected chi connectivity index (χ2v) is 4.88. The van der Waals surface area contributed by atoms with Gasteiger partial charge in [0.1, 0.15) is 4.88 Å². The second-order valence-electron chi connectivity index (χ2n) is 3.80. The zero-order valence-corrected chi connectivity index (χ0v) is 10.2. The highest BCUT2D eigenvalue weighted by molar-refractivity contribution is 7.15. The quantitative estimate of drug-likeness (QED) is 0.727. The molecule has 0 radical (unpaired) electrons. The van der Waals surface area contributed by atoms with E-state index in [4.69, 9.17) is 0 Å². The van der Waals surface area contributed by atoms with Crippen LogP contribution < -0.4 is 0 Å². The van der Waals surface area contributed by atoms with Crippen LogP contribution in [0.2, 0.25) is 0 Å². The topological polar surface area (TPSA) is 17.1 Å². The van der Waals surface area contributed by atoms with E-state index in [0.717, 1.165) is 6.07 Å². The molecule has 0 aliphatic rings. The fourth-order valence-corrected chi connectivity index (χ4v) is 2.39. The predicted octanol–water partition coefficient (Wildman–Crippen LogP) is 4.64. The molecular formula is C13H9F3OS. The molecule has 94 valence electrons. The number of benzene rings is 1. The molecule has 18 heavy (non-hydrogen) atoms. The lowest BCUT2D eigenvalue weighted by Crippen LogP contribution is -2.00. The van der Waals surface area contributed by atoms with E-state index >= 15 is 0 Å². The van der Waals surface area contributed by atoms with Crippen LogP contribution in [0, 0.1) is 0 Å². The van der Waals surface area contributed by atoms with Crippen LogP contribution in [-0.4, -0.2) is 5.78 Å². The molecule has 5 heteroatoms. The number of alkyl halides is 3. The van der Waals surface area contributed by atoms with E-state index in [1.807, 2.05) is 0 Å². The van der Waals surface area contributed by atoms with Crippen molar-refractivity contribution in [2.24, 2.45) is 0 Å². The predicted molar refractivity (Wildman–Crippen MR) is 64.8 cm³/mol. The molecule has 1 aromatic carbocycles. The number of rotatable bonds is 2. The van der Waals surface area contributed by atoms with Crippen molar-refractivity contribution in [1.82, 2.24) is 0 Å². The maximum absolute atomic E-state index is 12.5. The van der Waals surface area contributed by atoms with Gasteiger partial charge in [0.05, 0.1) is 0 Å². The fourth-order valence-electron chi connectivity index (χ4n) is 1.51. The van der Waals surface area contributed by atoms with Gasteiger partial charge in [-0.05, 0) is 24.6 Å². The largest absolute Gasteiger partial charge is 0.425 e. The summed E-state index contributed by atoms with van der Waals surface area (Å²) in [6.07, 6.45) is -4.30. The monoisotopic (exact) mass is 270 g/mol. The maximum Gasteiger partial charge on any atom is 0.425 e. The summed E-state index contributed by atoms with van der Waals surface area (Å²) in [5, 5.41) is 0. The van der Waals surface area contributed by atoms with E-state index in [-0.39, 0.29) is 5.78 Å². The zero-order valence-electron chi connectivity index (χ0n) is 9.41. The van der Waals surface area contributed by atoms with Gasteiger partial charge < -0.3 is 0 Å². The fraction of sp³-hybridized carbons (Fsp3) is 0.154. The zero-order chi connectivity index (χ0) is 13.3. The molecule has 1 heterocycles. The highest BCUT2D eigenvalue weighted by atomic mass is 32.1. The third-order valence-corrected chi connectivity index (χ3v) is 3.64. The van der Waals surface area contributed by atoms with Gasteiger partial charge in [-0.25, -0.2) is 0 Å². The van der Waals surface area contributed by atoms with Crippen LogP contribution in [0.25, 0.3) is 10.4 Å². The van der Waals surface area contributed by atoms with Crippen molar-refractivity contribution in [2.75, 3.05) is 0 Å². The minimum absolute atomic E-state index is 0.0660. The molecule has 1 nitrogen and oxygen atoms in total. The Labute approximate surface area is 106 Å². The summed E-state index contributed by atoms with van der Waals surface area (Å²) in [7, 11) is 0. The second kappa shape index (κ2) is 4.57. The van der Waals surface area contributed by atoms with Gasteiger partial charge in [0.25, 0.3) is 0 Å². The molecule has 0 aliphatic carbocycles. The number of carbonyl (C=O) groups is 1. The number of thiophene rings is 1. The van der Waals surface area contributed by atoms with Gasteiger partial charge in [0, 0.05) is 10.4 Å². The molecule has 0 spiro atoms. The minimum atomic E-state index is -4.30. The standard InChI is InChI=1S/C13H9F3OS/c1-8(17)9-2-4-10(5-3-9)11-6-7-12(18-11)13(14,15)16/h2-7H,1H3. The van der Waals surface area contributed by atoms with E-state index in [0.29, 0.717) is 27.3 Å². The molecule has 0 unspecified atom stereocenters. The summed E-state index contributed by atoms with van der Waals surface area (Å²) >= 11 is 0.697. The number of halogens is 3. The van der Waals surface area contributed by atoms with Gasteiger partial charge in [-0.1, -0.05) is 24.3 Å². The Balaban J connectivity index is 2.32. The van der Waals surface area contributed by atoms with Crippen molar-refractivity contribution < 1.29 is 18.0 Å². The molecule has 2 aromatic rings. The van der Waals surface area contributed by atoms with Crippen LogP contribution in [0.4, 0.5) is 13.2 Å². The smallest absolute Gasteiger partial charge is 0.295 e. The normalized spacial score (nSPS) is 11.6. The number of carbonyl (C=O) groups excluding carboxylic acids is 1. The number of hydrogen-bond donors (Lipinski definition) is 0. The molecule has 0 N–H and O–H groups in total. The molecule has 0 fully saturated rings. The third kappa shape index (κ3) is 2.61. The average molecular weight is 270 g/mol. The Morgan fingerprint density at radius 2 is 1.67 bits per heavy atom. The molecule has 1 aromatic heterocycles. The molecule has 0 amide bonds. The Bertz CT molecular complexity index is 567. The molecule has 0 saturated heterocycles. The first-order valence-corrected chi connectivity index (χ1v) is 5.98. The van der Waals surface area contributed by atoms with Crippen LogP contribution in [0.3, 0.4) is 0 Å². The van der Waals surface area contributed by atoms with Gasteiger partial charge in [0.15, 0.2) is 5.78 Å². The Morgan fingerprint density at radius 3 is 2.11 bits per heavy atom. The lowest BCUT2D eigenvalue weighted by molar-refractivity contribution is -0.134. The number of ketones is 1. The minimum Gasteiger partial charge on any atom is -0.295 e. The molecule has 0 saturated carbocycles. The van der Waals surface area contributed by atoms with Gasteiger partial charge in [-0.3, -0.25) is 4.79 Å². The third-order valence-electron chi connectivity index (χ3n) is 2.46. The summed E-state index contributed by atoms with van der Waals surface area (Å²) in [4.78, 5) is 11.0. The van der Waals surface area contributed by atoms with Gasteiger partial charge in [-0.15, -0.1) is 11.3 Å². The van der Waals surface area contributed by atoms with E-state index in [1.165, 1.54) is 13.0 Å².